The fourth-order valence-corrected chi connectivity index (χ4v) is 0.825. The molecule has 0 aromatic rings. The Hall–Kier alpha value is -0.860. The number of rotatable bonds is 4. The molecule has 68 valence electrons. The Balaban J connectivity index is 4.22. The van der Waals surface area contributed by atoms with Crippen molar-refractivity contribution < 1.29 is 19.0 Å². The first-order chi connectivity index (χ1) is 5.49. The molecular formula is C7H11O4P. The second-order valence-corrected chi connectivity index (χ2v) is 3.43. The van der Waals surface area contributed by atoms with Crippen LogP contribution >= 0.6 is 8.03 Å². The van der Waals surface area contributed by atoms with Gasteiger partial charge < -0.3 is 9.63 Å². The largest absolute Gasteiger partial charge is 0.445 e. The Morgan fingerprint density at radius 1 is 1.75 bits per heavy atom. The zero-order valence-electron chi connectivity index (χ0n) is 6.74. The molecule has 12 heavy (non-hydrogen) atoms. The normalized spacial score (nSPS) is 14.5. The lowest BCUT2D eigenvalue weighted by Crippen LogP contribution is -2.12. The van der Waals surface area contributed by atoms with Gasteiger partial charge in [-0.3, -0.25) is 4.57 Å². The summed E-state index contributed by atoms with van der Waals surface area (Å²) >= 11 is 0. The summed E-state index contributed by atoms with van der Waals surface area (Å²) in [4.78, 5) is 19.4. The smallest absolute Gasteiger partial charge is 0.334 e. The maximum absolute atomic E-state index is 10.8. The van der Waals surface area contributed by atoms with Crippen LogP contribution < -0.4 is 0 Å². The predicted octanol–water partition coefficient (Wildman–Crippen LogP) is 1.08. The summed E-state index contributed by atoms with van der Waals surface area (Å²) < 4.78 is 15.0. The van der Waals surface area contributed by atoms with Crippen LogP contribution in [0.5, 0.6) is 0 Å². The highest BCUT2D eigenvalue weighted by molar-refractivity contribution is 7.38. The molecule has 2 unspecified atom stereocenters. The molecular weight excluding hydrogens is 179 g/mol. The number of esters is 1. The van der Waals surface area contributed by atoms with E-state index in [-0.39, 0.29) is 5.57 Å². The van der Waals surface area contributed by atoms with E-state index in [9.17, 15) is 9.36 Å². The molecule has 1 N–H and O–H groups in total. The topological polar surface area (TPSA) is 63.6 Å². The van der Waals surface area contributed by atoms with E-state index in [2.05, 4.69) is 17.9 Å². The molecule has 0 rings (SSSR count). The van der Waals surface area contributed by atoms with Crippen molar-refractivity contribution in [1.29, 1.82) is 0 Å². The van der Waals surface area contributed by atoms with Gasteiger partial charge in [0.2, 0.25) is 8.03 Å². The van der Waals surface area contributed by atoms with Crippen LogP contribution in [0.15, 0.2) is 24.8 Å². The summed E-state index contributed by atoms with van der Waals surface area (Å²) in [5, 5.41) is 0. The maximum Gasteiger partial charge on any atom is 0.334 e. The van der Waals surface area contributed by atoms with E-state index >= 15 is 0 Å². The summed E-state index contributed by atoms with van der Waals surface area (Å²) in [6.07, 6.45) is 1.11. The first kappa shape index (κ1) is 11.1. The van der Waals surface area contributed by atoms with Gasteiger partial charge in [0.15, 0.2) is 5.85 Å². The van der Waals surface area contributed by atoms with Crippen LogP contribution in [0.2, 0.25) is 0 Å². The van der Waals surface area contributed by atoms with Gasteiger partial charge in [0.1, 0.15) is 0 Å². The molecule has 5 heteroatoms. The molecule has 0 spiro atoms. The van der Waals surface area contributed by atoms with Crippen molar-refractivity contribution in [3.8, 4) is 0 Å². The van der Waals surface area contributed by atoms with Gasteiger partial charge >= 0.3 is 5.97 Å². The third kappa shape index (κ3) is 3.51. The minimum Gasteiger partial charge on any atom is -0.445 e. The second-order valence-electron chi connectivity index (χ2n) is 2.18. The van der Waals surface area contributed by atoms with Crippen molar-refractivity contribution in [2.45, 2.75) is 12.8 Å². The van der Waals surface area contributed by atoms with Crippen LogP contribution in [0.1, 0.15) is 6.92 Å². The summed E-state index contributed by atoms with van der Waals surface area (Å²) in [7, 11) is -2.90. The molecule has 0 aliphatic carbocycles. The monoisotopic (exact) mass is 190 g/mol. The molecule has 0 saturated heterocycles. The average molecular weight is 190 g/mol. The molecule has 0 radical (unpaired) electrons. The van der Waals surface area contributed by atoms with Gasteiger partial charge in [-0.25, -0.2) is 4.79 Å². The van der Waals surface area contributed by atoms with Crippen molar-refractivity contribution in [3.63, 3.8) is 0 Å². The molecule has 0 amide bonds. The van der Waals surface area contributed by atoms with E-state index in [1.54, 1.807) is 0 Å². The molecule has 0 aliphatic rings. The Morgan fingerprint density at radius 2 is 2.25 bits per heavy atom. The standard InChI is InChI=1S/C7H11O4P/c1-4-6(12(9)10)11-7(8)5(2)3/h4,6,12H,1-2H2,3H3,(H,9,10). The minimum absolute atomic E-state index is 0.185. The number of ether oxygens (including phenoxy) is 1. The molecule has 2 atom stereocenters. The fraction of sp³-hybridized carbons (Fsp3) is 0.286. The lowest BCUT2D eigenvalue weighted by atomic mass is 10.4. The highest BCUT2D eigenvalue weighted by Gasteiger charge is 2.15. The zero-order valence-corrected chi connectivity index (χ0v) is 7.74. The van der Waals surface area contributed by atoms with Crippen molar-refractivity contribution in [2.75, 3.05) is 0 Å². The number of carbonyl (C=O) groups excluding carboxylic acids is 1. The van der Waals surface area contributed by atoms with Crippen molar-refractivity contribution >= 4 is 14.0 Å². The first-order valence-corrected chi connectivity index (χ1v) is 4.64. The lowest BCUT2D eigenvalue weighted by Gasteiger charge is -2.09. The SMILES string of the molecule is C=CC(OC(=O)C(=C)C)[PH](=O)O. The number of carbonyl (C=O) groups is 1. The Morgan fingerprint density at radius 3 is 2.50 bits per heavy atom. The predicted molar refractivity (Wildman–Crippen MR) is 46.1 cm³/mol. The van der Waals surface area contributed by atoms with Gasteiger partial charge in [0, 0.05) is 5.57 Å². The van der Waals surface area contributed by atoms with E-state index < -0.39 is 19.8 Å². The van der Waals surface area contributed by atoms with Gasteiger partial charge in [-0.2, -0.15) is 0 Å². The van der Waals surface area contributed by atoms with Gasteiger partial charge in [0.05, 0.1) is 0 Å². The second kappa shape index (κ2) is 4.91. The average Bonchev–Trinajstić information content (AvgIpc) is 1.98. The van der Waals surface area contributed by atoms with Crippen LogP contribution in [0, 0.1) is 0 Å². The van der Waals surface area contributed by atoms with E-state index in [4.69, 9.17) is 4.89 Å². The lowest BCUT2D eigenvalue weighted by molar-refractivity contribution is -0.139. The highest BCUT2D eigenvalue weighted by atomic mass is 31.1. The summed E-state index contributed by atoms with van der Waals surface area (Å²) in [5.41, 5.74) is 0.185. The van der Waals surface area contributed by atoms with Gasteiger partial charge in [0.25, 0.3) is 0 Å². The van der Waals surface area contributed by atoms with Crippen molar-refractivity contribution in [2.24, 2.45) is 0 Å². The van der Waals surface area contributed by atoms with E-state index in [0.29, 0.717) is 0 Å². The van der Waals surface area contributed by atoms with E-state index in [1.807, 2.05) is 0 Å². The summed E-state index contributed by atoms with van der Waals surface area (Å²) in [6, 6.07) is 0. The van der Waals surface area contributed by atoms with E-state index in [0.717, 1.165) is 6.08 Å². The fourth-order valence-electron chi connectivity index (χ4n) is 0.415. The molecule has 0 fully saturated rings. The van der Waals surface area contributed by atoms with Crippen molar-refractivity contribution in [1.82, 2.24) is 0 Å². The van der Waals surface area contributed by atoms with E-state index in [1.165, 1.54) is 6.92 Å². The van der Waals surface area contributed by atoms with Crippen LogP contribution in [-0.4, -0.2) is 16.7 Å². The number of hydrogen-bond donors (Lipinski definition) is 1. The van der Waals surface area contributed by atoms with Crippen LogP contribution in [0.4, 0.5) is 0 Å². The van der Waals surface area contributed by atoms with Gasteiger partial charge in [-0.1, -0.05) is 13.2 Å². The van der Waals surface area contributed by atoms with Crippen molar-refractivity contribution in [3.05, 3.63) is 24.8 Å². The summed E-state index contributed by atoms with van der Waals surface area (Å²) in [6.45, 7) is 8.03. The van der Waals surface area contributed by atoms with Gasteiger partial charge in [-0.05, 0) is 13.0 Å². The molecule has 0 aromatic heterocycles. The molecule has 0 aliphatic heterocycles. The van der Waals surface area contributed by atoms with Crippen LogP contribution in [0.3, 0.4) is 0 Å². The Labute approximate surface area is 71.4 Å². The quantitative estimate of drug-likeness (QED) is 0.312. The third-order valence-corrected chi connectivity index (χ3v) is 1.88. The van der Waals surface area contributed by atoms with Gasteiger partial charge in [-0.15, -0.1) is 0 Å². The first-order valence-electron chi connectivity index (χ1n) is 3.21. The van der Waals surface area contributed by atoms with Crippen LogP contribution in [0.25, 0.3) is 0 Å². The summed E-state index contributed by atoms with van der Waals surface area (Å²) in [5.74, 6) is -1.80. The molecule has 0 aromatic carbocycles. The Bertz CT molecular complexity index is 234. The molecule has 0 saturated carbocycles. The molecule has 0 bridgehead atoms. The maximum atomic E-state index is 10.8. The van der Waals surface area contributed by atoms with Crippen LogP contribution in [-0.2, 0) is 14.1 Å². The minimum atomic E-state index is -2.90. The number of hydrogen-bond acceptors (Lipinski definition) is 3. The Kier molecular flexibility index (Phi) is 4.55. The third-order valence-electron chi connectivity index (χ3n) is 1.04. The molecule has 4 nitrogen and oxygen atoms in total. The zero-order chi connectivity index (χ0) is 9.72. The highest BCUT2D eigenvalue weighted by Crippen LogP contribution is 2.24. The molecule has 0 heterocycles.